The molecule has 0 aliphatic carbocycles. The summed E-state index contributed by atoms with van der Waals surface area (Å²) >= 11 is 0. The van der Waals surface area contributed by atoms with Gasteiger partial charge in [-0.3, -0.25) is 0 Å². The molecule has 0 saturated heterocycles. The fourth-order valence-corrected chi connectivity index (χ4v) is 1.76. The summed E-state index contributed by atoms with van der Waals surface area (Å²) in [6.45, 7) is 1.03. The molecular weight excluding hydrogens is 286 g/mol. The maximum Gasteiger partial charge on any atom is 0.573 e. The lowest BCUT2D eigenvalue weighted by Gasteiger charge is -2.09. The molecule has 2 aromatic rings. The van der Waals surface area contributed by atoms with Crippen LogP contribution >= 0.6 is 0 Å². The van der Waals surface area contributed by atoms with Crippen LogP contribution in [0, 0.1) is 5.82 Å². The van der Waals surface area contributed by atoms with E-state index in [0.29, 0.717) is 13.1 Å². The molecule has 0 saturated carbocycles. The summed E-state index contributed by atoms with van der Waals surface area (Å²) < 4.78 is 52.5. The Hall–Kier alpha value is -2.08. The van der Waals surface area contributed by atoms with Gasteiger partial charge in [-0.15, -0.1) is 13.2 Å². The molecule has 0 aliphatic rings. The molecule has 0 amide bonds. The Labute approximate surface area is 119 Å². The SMILES string of the molecule is Fc1ccc(CNCc2ccc(OC(F)(F)F)cc2)cc1. The van der Waals surface area contributed by atoms with E-state index in [9.17, 15) is 17.6 Å². The monoisotopic (exact) mass is 299 g/mol. The Bertz CT molecular complexity index is 564. The van der Waals surface area contributed by atoms with E-state index in [0.717, 1.165) is 11.1 Å². The van der Waals surface area contributed by atoms with E-state index in [-0.39, 0.29) is 11.6 Å². The van der Waals surface area contributed by atoms with E-state index in [4.69, 9.17) is 0 Å². The zero-order chi connectivity index (χ0) is 15.3. The maximum absolute atomic E-state index is 12.7. The summed E-state index contributed by atoms with van der Waals surface area (Å²) in [5.41, 5.74) is 1.75. The van der Waals surface area contributed by atoms with Crippen molar-refractivity contribution in [1.82, 2.24) is 5.32 Å². The first-order valence-electron chi connectivity index (χ1n) is 6.22. The van der Waals surface area contributed by atoms with Gasteiger partial charge in [0.25, 0.3) is 0 Å². The van der Waals surface area contributed by atoms with Crippen molar-refractivity contribution in [3.05, 3.63) is 65.5 Å². The number of alkyl halides is 3. The van der Waals surface area contributed by atoms with Gasteiger partial charge >= 0.3 is 6.36 Å². The Kier molecular flexibility index (Phi) is 4.80. The molecule has 2 aromatic carbocycles. The Balaban J connectivity index is 1.82. The first kappa shape index (κ1) is 15.3. The fraction of sp³-hybridized carbons (Fsp3) is 0.200. The van der Waals surface area contributed by atoms with E-state index in [1.165, 1.54) is 24.3 Å². The molecule has 0 aromatic heterocycles. The maximum atomic E-state index is 12.7. The highest BCUT2D eigenvalue weighted by Crippen LogP contribution is 2.22. The zero-order valence-corrected chi connectivity index (χ0v) is 11.0. The highest BCUT2D eigenvalue weighted by molar-refractivity contribution is 5.27. The Morgan fingerprint density at radius 3 is 1.76 bits per heavy atom. The summed E-state index contributed by atoms with van der Waals surface area (Å²) in [4.78, 5) is 0. The molecule has 0 fully saturated rings. The molecule has 112 valence electrons. The predicted molar refractivity (Wildman–Crippen MR) is 70.1 cm³/mol. The van der Waals surface area contributed by atoms with Crippen LogP contribution in [0.4, 0.5) is 17.6 Å². The topological polar surface area (TPSA) is 21.3 Å². The Morgan fingerprint density at radius 2 is 1.29 bits per heavy atom. The van der Waals surface area contributed by atoms with E-state index >= 15 is 0 Å². The minimum Gasteiger partial charge on any atom is -0.406 e. The molecule has 21 heavy (non-hydrogen) atoms. The number of rotatable bonds is 5. The van der Waals surface area contributed by atoms with Crippen LogP contribution in [0.3, 0.4) is 0 Å². The zero-order valence-electron chi connectivity index (χ0n) is 11.0. The molecule has 2 rings (SSSR count). The van der Waals surface area contributed by atoms with Crippen LogP contribution in [0.2, 0.25) is 0 Å². The van der Waals surface area contributed by atoms with Crippen LogP contribution in [0.1, 0.15) is 11.1 Å². The van der Waals surface area contributed by atoms with Crippen LogP contribution < -0.4 is 10.1 Å². The van der Waals surface area contributed by atoms with E-state index in [1.807, 2.05) is 0 Å². The fourth-order valence-electron chi connectivity index (χ4n) is 1.76. The van der Waals surface area contributed by atoms with Crippen LogP contribution in [0.25, 0.3) is 0 Å². The van der Waals surface area contributed by atoms with Gasteiger partial charge in [-0.1, -0.05) is 24.3 Å². The van der Waals surface area contributed by atoms with Gasteiger partial charge in [-0.25, -0.2) is 4.39 Å². The average Bonchev–Trinajstić information content (AvgIpc) is 2.41. The summed E-state index contributed by atoms with van der Waals surface area (Å²) in [5.74, 6) is -0.538. The van der Waals surface area contributed by atoms with Gasteiger partial charge in [0, 0.05) is 13.1 Å². The molecule has 0 spiro atoms. The summed E-state index contributed by atoms with van der Waals surface area (Å²) in [7, 11) is 0. The van der Waals surface area contributed by atoms with Crippen molar-refractivity contribution < 1.29 is 22.3 Å². The molecule has 1 N–H and O–H groups in total. The van der Waals surface area contributed by atoms with Gasteiger partial charge in [0.2, 0.25) is 0 Å². The van der Waals surface area contributed by atoms with Crippen molar-refractivity contribution in [2.45, 2.75) is 19.5 Å². The number of nitrogens with one attached hydrogen (secondary N) is 1. The minimum atomic E-state index is -4.68. The van der Waals surface area contributed by atoms with Crippen LogP contribution in [0.15, 0.2) is 48.5 Å². The second-order valence-corrected chi connectivity index (χ2v) is 4.42. The van der Waals surface area contributed by atoms with Crippen molar-refractivity contribution >= 4 is 0 Å². The summed E-state index contributed by atoms with van der Waals surface area (Å²) in [5, 5.41) is 3.12. The third kappa shape index (κ3) is 5.43. The third-order valence-corrected chi connectivity index (χ3v) is 2.73. The normalized spacial score (nSPS) is 11.4. The van der Waals surface area contributed by atoms with Crippen LogP contribution in [-0.2, 0) is 13.1 Å². The lowest BCUT2D eigenvalue weighted by molar-refractivity contribution is -0.274. The van der Waals surface area contributed by atoms with Crippen molar-refractivity contribution in [3.63, 3.8) is 0 Å². The molecule has 0 unspecified atom stereocenters. The average molecular weight is 299 g/mol. The molecule has 0 heterocycles. The first-order valence-corrected chi connectivity index (χ1v) is 6.22. The Morgan fingerprint density at radius 1 is 0.810 bits per heavy atom. The molecule has 0 bridgehead atoms. The molecule has 2 nitrogen and oxygen atoms in total. The smallest absolute Gasteiger partial charge is 0.406 e. The van der Waals surface area contributed by atoms with Crippen LogP contribution in [0.5, 0.6) is 5.75 Å². The minimum absolute atomic E-state index is 0.246. The van der Waals surface area contributed by atoms with Crippen molar-refractivity contribution in [1.29, 1.82) is 0 Å². The molecule has 6 heteroatoms. The number of ether oxygens (including phenoxy) is 1. The summed E-state index contributed by atoms with van der Waals surface area (Å²) in [6, 6.07) is 11.7. The van der Waals surface area contributed by atoms with Crippen molar-refractivity contribution in [2.75, 3.05) is 0 Å². The molecule has 0 atom stereocenters. The number of hydrogen-bond acceptors (Lipinski definition) is 2. The van der Waals surface area contributed by atoms with Crippen LogP contribution in [-0.4, -0.2) is 6.36 Å². The second-order valence-electron chi connectivity index (χ2n) is 4.42. The standard InChI is InChI=1S/C15H13F4NO/c16-13-5-1-11(2-6-13)9-20-10-12-3-7-14(8-4-12)21-15(17,18)19/h1-8,20H,9-10H2. The quantitative estimate of drug-likeness (QED) is 0.842. The van der Waals surface area contributed by atoms with Gasteiger partial charge < -0.3 is 10.1 Å². The second kappa shape index (κ2) is 6.58. The van der Waals surface area contributed by atoms with Gasteiger partial charge in [-0.05, 0) is 35.4 Å². The molecular formula is C15H13F4NO. The number of benzene rings is 2. The highest BCUT2D eigenvalue weighted by Gasteiger charge is 2.30. The molecule has 0 radical (unpaired) electrons. The van der Waals surface area contributed by atoms with Crippen molar-refractivity contribution in [3.8, 4) is 5.75 Å². The predicted octanol–water partition coefficient (Wildman–Crippen LogP) is 4.01. The lowest BCUT2D eigenvalue weighted by atomic mass is 10.2. The van der Waals surface area contributed by atoms with Crippen molar-refractivity contribution in [2.24, 2.45) is 0 Å². The van der Waals surface area contributed by atoms with Gasteiger partial charge in [0.1, 0.15) is 11.6 Å². The van der Waals surface area contributed by atoms with Gasteiger partial charge in [0.15, 0.2) is 0 Å². The van der Waals surface area contributed by atoms with E-state index in [2.05, 4.69) is 10.1 Å². The largest absolute Gasteiger partial charge is 0.573 e. The number of halogens is 4. The van der Waals surface area contributed by atoms with E-state index in [1.54, 1.807) is 24.3 Å². The van der Waals surface area contributed by atoms with Gasteiger partial charge in [0.05, 0.1) is 0 Å². The van der Waals surface area contributed by atoms with E-state index < -0.39 is 6.36 Å². The highest BCUT2D eigenvalue weighted by atomic mass is 19.4. The first-order chi connectivity index (χ1) is 9.92. The van der Waals surface area contributed by atoms with Gasteiger partial charge in [-0.2, -0.15) is 0 Å². The molecule has 0 aliphatic heterocycles. The lowest BCUT2D eigenvalue weighted by Crippen LogP contribution is -2.17. The number of hydrogen-bond donors (Lipinski definition) is 1. The summed E-state index contributed by atoms with van der Waals surface area (Å²) in [6.07, 6.45) is -4.68. The third-order valence-electron chi connectivity index (χ3n) is 2.73.